The molecule has 0 bridgehead atoms. The Hall–Kier alpha value is -2.14. The van der Waals surface area contributed by atoms with Crippen molar-refractivity contribution in [3.63, 3.8) is 0 Å². The number of benzene rings is 1. The van der Waals surface area contributed by atoms with Gasteiger partial charge in [-0.15, -0.1) is 0 Å². The highest BCUT2D eigenvalue weighted by Gasteiger charge is 2.33. The van der Waals surface area contributed by atoms with Crippen LogP contribution in [0.4, 0.5) is 11.8 Å². The molecule has 0 saturated carbocycles. The fraction of sp³-hybridized carbons (Fsp3) is 0.545. The Morgan fingerprint density at radius 1 is 0.926 bits per heavy atom. The average molecular weight is 364 g/mol. The largest absolute Gasteiger partial charge is 0.368 e. The minimum atomic E-state index is 0.342. The van der Waals surface area contributed by atoms with Crippen LogP contribution in [0, 0.1) is 0 Å². The Labute approximate surface area is 161 Å². The molecule has 2 aromatic rings. The van der Waals surface area contributed by atoms with Crippen LogP contribution in [-0.2, 0) is 6.42 Å². The molecular weight excluding hydrogens is 334 g/mol. The van der Waals surface area contributed by atoms with Gasteiger partial charge in [-0.05, 0) is 50.6 Å². The number of nitrogen functional groups attached to an aromatic ring is 1. The number of fused-ring (bicyclic) bond motifs is 2. The summed E-state index contributed by atoms with van der Waals surface area (Å²) in [6.45, 7) is 4.64. The topological polar surface area (TPSA) is 58.3 Å². The molecule has 1 aliphatic carbocycles. The van der Waals surface area contributed by atoms with Gasteiger partial charge >= 0.3 is 0 Å². The van der Waals surface area contributed by atoms with E-state index in [2.05, 4.69) is 40.1 Å². The zero-order valence-electron chi connectivity index (χ0n) is 16.0. The van der Waals surface area contributed by atoms with E-state index in [1.54, 1.807) is 0 Å². The third-order valence-corrected chi connectivity index (χ3v) is 6.59. The van der Waals surface area contributed by atoms with Crippen molar-refractivity contribution in [3.05, 3.63) is 47.2 Å². The molecule has 2 unspecified atom stereocenters. The number of rotatable bonds is 2. The second kappa shape index (κ2) is 7.12. The first-order valence-corrected chi connectivity index (χ1v) is 10.5. The van der Waals surface area contributed by atoms with Gasteiger partial charge in [0.25, 0.3) is 0 Å². The van der Waals surface area contributed by atoms with Crippen LogP contribution < -0.4 is 10.6 Å². The van der Waals surface area contributed by atoms with Crippen LogP contribution in [0.5, 0.6) is 0 Å². The molecule has 2 N–H and O–H groups in total. The van der Waals surface area contributed by atoms with E-state index in [4.69, 9.17) is 15.7 Å². The Morgan fingerprint density at radius 3 is 2.67 bits per heavy atom. The fourth-order valence-electron chi connectivity index (χ4n) is 5.32. The highest BCUT2D eigenvalue weighted by Crippen LogP contribution is 2.39. The quantitative estimate of drug-likeness (QED) is 0.888. The highest BCUT2D eigenvalue weighted by molar-refractivity contribution is 5.55. The maximum absolute atomic E-state index is 6.22. The summed E-state index contributed by atoms with van der Waals surface area (Å²) < 4.78 is 0. The summed E-state index contributed by atoms with van der Waals surface area (Å²) in [5.74, 6) is 1.89. The number of nitrogens with zero attached hydrogens (tertiary/aromatic N) is 4. The molecule has 2 atom stereocenters. The van der Waals surface area contributed by atoms with Crippen LogP contribution in [0.25, 0.3) is 0 Å². The average Bonchev–Trinajstić information content (AvgIpc) is 3.04. The van der Waals surface area contributed by atoms with Crippen LogP contribution in [0.15, 0.2) is 30.3 Å². The molecular formula is C22H29N5. The Bertz CT molecular complexity index is 806. The van der Waals surface area contributed by atoms with E-state index < -0.39 is 0 Å². The molecule has 0 amide bonds. The molecule has 1 aromatic carbocycles. The third-order valence-electron chi connectivity index (χ3n) is 6.59. The predicted octanol–water partition coefficient (Wildman–Crippen LogP) is 3.20. The summed E-state index contributed by atoms with van der Waals surface area (Å²) in [5.41, 5.74) is 10.1. The zero-order valence-corrected chi connectivity index (χ0v) is 16.0. The molecule has 0 spiro atoms. The standard InChI is InChI=1S/C22H29N5/c23-22-24-20-18(16-7-2-1-3-8-16)10-4-11-19(20)21(25-22)27-14-6-13-26-12-5-9-17(26)15-27/h1-3,7-8,17-18H,4-6,9-15H2,(H2,23,24,25). The second-order valence-corrected chi connectivity index (χ2v) is 8.26. The van der Waals surface area contributed by atoms with Gasteiger partial charge in [0.2, 0.25) is 5.95 Å². The number of anilines is 2. The summed E-state index contributed by atoms with van der Waals surface area (Å²) in [4.78, 5) is 14.7. The third kappa shape index (κ3) is 3.18. The molecule has 5 heteroatoms. The lowest BCUT2D eigenvalue weighted by Crippen LogP contribution is -2.38. The number of aromatic nitrogens is 2. The van der Waals surface area contributed by atoms with E-state index in [1.165, 1.54) is 55.6 Å². The molecule has 3 heterocycles. The van der Waals surface area contributed by atoms with Crippen molar-refractivity contribution >= 4 is 11.8 Å². The molecule has 2 fully saturated rings. The van der Waals surface area contributed by atoms with E-state index in [9.17, 15) is 0 Å². The summed E-state index contributed by atoms with van der Waals surface area (Å²) in [6.07, 6.45) is 7.25. The van der Waals surface area contributed by atoms with Gasteiger partial charge < -0.3 is 10.6 Å². The van der Waals surface area contributed by atoms with Crippen LogP contribution in [0.2, 0.25) is 0 Å². The lowest BCUT2D eigenvalue weighted by Gasteiger charge is -2.32. The Morgan fingerprint density at radius 2 is 1.78 bits per heavy atom. The van der Waals surface area contributed by atoms with E-state index in [1.807, 2.05) is 0 Å². The van der Waals surface area contributed by atoms with Gasteiger partial charge in [-0.1, -0.05) is 30.3 Å². The fourth-order valence-corrected chi connectivity index (χ4v) is 5.32. The smallest absolute Gasteiger partial charge is 0.222 e. The summed E-state index contributed by atoms with van der Waals surface area (Å²) >= 11 is 0. The SMILES string of the molecule is Nc1nc2c(c(N3CCCN4CCCC4C3)n1)CCCC2c1ccccc1. The van der Waals surface area contributed by atoms with Crippen LogP contribution in [0.1, 0.15) is 54.8 Å². The first-order chi connectivity index (χ1) is 13.3. The van der Waals surface area contributed by atoms with Gasteiger partial charge in [0.15, 0.2) is 0 Å². The van der Waals surface area contributed by atoms with Gasteiger partial charge in [-0.3, -0.25) is 4.90 Å². The monoisotopic (exact) mass is 363 g/mol. The molecule has 3 aliphatic rings. The lowest BCUT2D eigenvalue weighted by molar-refractivity contribution is 0.273. The molecule has 27 heavy (non-hydrogen) atoms. The first kappa shape index (κ1) is 17.0. The number of hydrogen-bond donors (Lipinski definition) is 1. The molecule has 142 valence electrons. The van der Waals surface area contributed by atoms with Crippen LogP contribution in [0.3, 0.4) is 0 Å². The van der Waals surface area contributed by atoms with Gasteiger partial charge in [-0.25, -0.2) is 4.98 Å². The van der Waals surface area contributed by atoms with Crippen molar-refractivity contribution in [3.8, 4) is 0 Å². The van der Waals surface area contributed by atoms with E-state index in [-0.39, 0.29) is 0 Å². The van der Waals surface area contributed by atoms with Crippen molar-refractivity contribution in [1.82, 2.24) is 14.9 Å². The van der Waals surface area contributed by atoms with Gasteiger partial charge in [0.1, 0.15) is 5.82 Å². The highest BCUT2D eigenvalue weighted by atomic mass is 15.3. The second-order valence-electron chi connectivity index (χ2n) is 8.26. The first-order valence-electron chi connectivity index (χ1n) is 10.5. The number of hydrogen-bond acceptors (Lipinski definition) is 5. The number of nitrogens with two attached hydrogens (primary N) is 1. The zero-order chi connectivity index (χ0) is 18.2. The summed E-state index contributed by atoms with van der Waals surface area (Å²) in [5, 5.41) is 0. The lowest BCUT2D eigenvalue weighted by atomic mass is 9.82. The Kier molecular flexibility index (Phi) is 4.48. The maximum Gasteiger partial charge on any atom is 0.222 e. The van der Waals surface area contributed by atoms with E-state index >= 15 is 0 Å². The molecule has 5 nitrogen and oxygen atoms in total. The minimum absolute atomic E-state index is 0.342. The van der Waals surface area contributed by atoms with Crippen molar-refractivity contribution < 1.29 is 0 Å². The van der Waals surface area contributed by atoms with Crippen molar-refractivity contribution in [2.45, 2.75) is 50.5 Å². The molecule has 2 saturated heterocycles. The predicted molar refractivity (Wildman–Crippen MR) is 109 cm³/mol. The summed E-state index contributed by atoms with van der Waals surface area (Å²) in [6, 6.07) is 11.4. The normalized spacial score (nSPS) is 25.7. The van der Waals surface area contributed by atoms with Crippen molar-refractivity contribution in [2.24, 2.45) is 0 Å². The minimum Gasteiger partial charge on any atom is -0.368 e. The van der Waals surface area contributed by atoms with Crippen LogP contribution in [-0.4, -0.2) is 47.1 Å². The molecule has 5 rings (SSSR count). The van der Waals surface area contributed by atoms with Gasteiger partial charge in [0, 0.05) is 37.2 Å². The Balaban J connectivity index is 1.53. The summed E-state index contributed by atoms with van der Waals surface area (Å²) in [7, 11) is 0. The molecule has 1 aromatic heterocycles. The van der Waals surface area contributed by atoms with Crippen molar-refractivity contribution in [1.29, 1.82) is 0 Å². The van der Waals surface area contributed by atoms with E-state index in [0.717, 1.165) is 31.7 Å². The molecule has 2 aliphatic heterocycles. The maximum atomic E-state index is 6.22. The molecule has 0 radical (unpaired) electrons. The van der Waals surface area contributed by atoms with Gasteiger partial charge in [-0.2, -0.15) is 4.98 Å². The van der Waals surface area contributed by atoms with Crippen molar-refractivity contribution in [2.75, 3.05) is 36.8 Å². The van der Waals surface area contributed by atoms with Crippen LogP contribution >= 0.6 is 0 Å². The van der Waals surface area contributed by atoms with Gasteiger partial charge in [0.05, 0.1) is 5.69 Å². The van der Waals surface area contributed by atoms with E-state index in [0.29, 0.717) is 17.9 Å².